The summed E-state index contributed by atoms with van der Waals surface area (Å²) < 4.78 is 5.82. The number of rotatable bonds is 5. The Morgan fingerprint density at radius 2 is 1.83 bits per heavy atom. The molecule has 1 aromatic carbocycles. The van der Waals surface area contributed by atoms with E-state index in [9.17, 15) is 14.4 Å². The Labute approximate surface area is 153 Å². The van der Waals surface area contributed by atoms with Crippen LogP contribution in [0.1, 0.15) is 39.0 Å². The van der Waals surface area contributed by atoms with Gasteiger partial charge in [0.1, 0.15) is 0 Å². The maximum Gasteiger partial charge on any atom is 0.339 e. The zero-order chi connectivity index (χ0) is 17.9. The van der Waals surface area contributed by atoms with Crippen LogP contribution < -0.4 is 5.32 Å². The zero-order valence-corrected chi connectivity index (χ0v) is 15.7. The standard InChI is InChI=1S/C17H17IN2O4/c1-9-15(17(23)24-3)13(20-16(9)10(2)21)8-14(22)19-12-6-4-11(18)5-7-12/h4-7,20H,8H2,1-3H3,(H,19,22). The predicted molar refractivity (Wildman–Crippen MR) is 98.4 cm³/mol. The molecule has 24 heavy (non-hydrogen) atoms. The first kappa shape index (κ1) is 18.2. The minimum Gasteiger partial charge on any atom is -0.465 e. The van der Waals surface area contributed by atoms with Crippen LogP contribution in [0.15, 0.2) is 24.3 Å². The number of H-pyrrole nitrogens is 1. The highest BCUT2D eigenvalue weighted by atomic mass is 127. The number of nitrogens with one attached hydrogen (secondary N) is 2. The lowest BCUT2D eigenvalue weighted by atomic mass is 10.1. The second-order valence-corrected chi connectivity index (χ2v) is 6.50. The fourth-order valence-corrected chi connectivity index (χ4v) is 2.78. The Morgan fingerprint density at radius 3 is 2.38 bits per heavy atom. The van der Waals surface area contributed by atoms with E-state index < -0.39 is 5.97 Å². The predicted octanol–water partition coefficient (Wildman–Crippen LogP) is 3.10. The minimum atomic E-state index is -0.576. The number of methoxy groups -OCH3 is 1. The van der Waals surface area contributed by atoms with Gasteiger partial charge >= 0.3 is 5.97 Å². The van der Waals surface area contributed by atoms with Crippen molar-refractivity contribution in [2.24, 2.45) is 0 Å². The number of benzene rings is 1. The van der Waals surface area contributed by atoms with Gasteiger partial charge in [0.05, 0.1) is 24.8 Å². The largest absolute Gasteiger partial charge is 0.465 e. The molecule has 2 rings (SSSR count). The van der Waals surface area contributed by atoms with Crippen LogP contribution in [0.4, 0.5) is 5.69 Å². The van der Waals surface area contributed by atoms with Gasteiger partial charge in [-0.15, -0.1) is 0 Å². The Bertz CT molecular complexity index is 794. The fraction of sp³-hybridized carbons (Fsp3) is 0.235. The minimum absolute atomic E-state index is 0.0649. The van der Waals surface area contributed by atoms with Crippen molar-refractivity contribution in [3.63, 3.8) is 0 Å². The molecule has 6 nitrogen and oxygen atoms in total. The van der Waals surface area contributed by atoms with Crippen LogP contribution in [0.2, 0.25) is 0 Å². The number of aromatic amines is 1. The van der Waals surface area contributed by atoms with Gasteiger partial charge in [-0.1, -0.05) is 0 Å². The van der Waals surface area contributed by atoms with Gasteiger partial charge in [-0.3, -0.25) is 9.59 Å². The molecule has 0 aliphatic carbocycles. The van der Waals surface area contributed by atoms with Crippen LogP contribution in [-0.4, -0.2) is 29.8 Å². The fourth-order valence-electron chi connectivity index (χ4n) is 2.42. The van der Waals surface area contributed by atoms with E-state index in [1.807, 2.05) is 12.1 Å². The molecule has 1 heterocycles. The number of Topliss-reactive ketones (excluding diaryl/α,β-unsaturated/α-hetero) is 1. The van der Waals surface area contributed by atoms with Crippen molar-refractivity contribution in [2.75, 3.05) is 12.4 Å². The van der Waals surface area contributed by atoms with E-state index in [1.54, 1.807) is 19.1 Å². The molecular formula is C17H17IN2O4. The van der Waals surface area contributed by atoms with E-state index in [2.05, 4.69) is 32.9 Å². The third-order valence-electron chi connectivity index (χ3n) is 3.53. The average molecular weight is 440 g/mol. The van der Waals surface area contributed by atoms with E-state index in [0.29, 0.717) is 22.6 Å². The van der Waals surface area contributed by atoms with Gasteiger partial charge in [0.2, 0.25) is 5.91 Å². The third-order valence-corrected chi connectivity index (χ3v) is 4.25. The number of ether oxygens (including phenoxy) is 1. The molecule has 1 amide bonds. The molecular weight excluding hydrogens is 423 g/mol. The highest BCUT2D eigenvalue weighted by Gasteiger charge is 2.24. The highest BCUT2D eigenvalue weighted by molar-refractivity contribution is 14.1. The first-order valence-electron chi connectivity index (χ1n) is 7.19. The molecule has 0 unspecified atom stereocenters. The van der Waals surface area contributed by atoms with Gasteiger partial charge in [0, 0.05) is 21.9 Å². The number of ketones is 1. The molecule has 0 saturated carbocycles. The number of esters is 1. The Kier molecular flexibility index (Phi) is 5.76. The molecule has 0 atom stereocenters. The van der Waals surface area contributed by atoms with Crippen LogP contribution >= 0.6 is 22.6 Å². The van der Waals surface area contributed by atoms with Crippen LogP contribution in [0.25, 0.3) is 0 Å². The normalized spacial score (nSPS) is 10.3. The van der Waals surface area contributed by atoms with Crippen molar-refractivity contribution in [2.45, 2.75) is 20.3 Å². The lowest BCUT2D eigenvalue weighted by Gasteiger charge is -2.06. The Hall–Kier alpha value is -2.16. The monoisotopic (exact) mass is 440 g/mol. The summed E-state index contributed by atoms with van der Waals surface area (Å²) in [5.74, 6) is -1.08. The van der Waals surface area contributed by atoms with E-state index >= 15 is 0 Å². The molecule has 7 heteroatoms. The first-order chi connectivity index (χ1) is 11.3. The number of aromatic nitrogens is 1. The topological polar surface area (TPSA) is 88.3 Å². The van der Waals surface area contributed by atoms with Gasteiger partial charge in [0.25, 0.3) is 0 Å². The van der Waals surface area contributed by atoms with Gasteiger partial charge in [-0.05, 0) is 59.3 Å². The summed E-state index contributed by atoms with van der Waals surface area (Å²) in [6, 6.07) is 7.34. The number of amides is 1. The van der Waals surface area contributed by atoms with E-state index in [-0.39, 0.29) is 23.7 Å². The molecule has 0 radical (unpaired) electrons. The van der Waals surface area contributed by atoms with E-state index in [1.165, 1.54) is 14.0 Å². The molecule has 0 fully saturated rings. The number of hydrogen-bond acceptors (Lipinski definition) is 4. The van der Waals surface area contributed by atoms with Gasteiger partial charge in [-0.25, -0.2) is 4.79 Å². The highest BCUT2D eigenvalue weighted by Crippen LogP contribution is 2.21. The summed E-state index contributed by atoms with van der Waals surface area (Å²) >= 11 is 2.18. The number of anilines is 1. The second kappa shape index (κ2) is 7.61. The molecule has 0 aliphatic heterocycles. The van der Waals surface area contributed by atoms with Crippen LogP contribution in [-0.2, 0) is 16.0 Å². The molecule has 126 valence electrons. The third kappa shape index (κ3) is 4.02. The summed E-state index contributed by atoms with van der Waals surface area (Å²) in [6.45, 7) is 3.05. The van der Waals surface area contributed by atoms with Gasteiger partial charge in [0.15, 0.2) is 5.78 Å². The van der Waals surface area contributed by atoms with Crippen molar-refractivity contribution in [3.05, 3.63) is 50.4 Å². The zero-order valence-electron chi connectivity index (χ0n) is 13.5. The summed E-state index contributed by atoms with van der Waals surface area (Å²) in [6.07, 6.45) is -0.0649. The quantitative estimate of drug-likeness (QED) is 0.425. The lowest BCUT2D eigenvalue weighted by Crippen LogP contribution is -2.17. The summed E-state index contributed by atoms with van der Waals surface area (Å²) in [4.78, 5) is 38.8. The first-order valence-corrected chi connectivity index (χ1v) is 8.27. The number of carbonyl (C=O) groups is 3. The van der Waals surface area contributed by atoms with Gasteiger partial charge in [-0.2, -0.15) is 0 Å². The van der Waals surface area contributed by atoms with Crippen molar-refractivity contribution in [1.29, 1.82) is 0 Å². The Morgan fingerprint density at radius 1 is 1.21 bits per heavy atom. The molecule has 1 aromatic heterocycles. The molecule has 2 N–H and O–H groups in total. The smallest absolute Gasteiger partial charge is 0.339 e. The number of hydrogen-bond donors (Lipinski definition) is 2. The van der Waals surface area contributed by atoms with Crippen LogP contribution in [0.5, 0.6) is 0 Å². The number of halogens is 1. The van der Waals surface area contributed by atoms with E-state index in [4.69, 9.17) is 4.74 Å². The molecule has 0 aliphatic rings. The number of carbonyl (C=O) groups excluding carboxylic acids is 3. The molecule has 2 aromatic rings. The van der Waals surface area contributed by atoms with Crippen LogP contribution in [0.3, 0.4) is 0 Å². The van der Waals surface area contributed by atoms with Crippen molar-refractivity contribution in [1.82, 2.24) is 4.98 Å². The average Bonchev–Trinajstić information content (AvgIpc) is 2.85. The van der Waals surface area contributed by atoms with Gasteiger partial charge < -0.3 is 15.0 Å². The Balaban J connectivity index is 2.26. The second-order valence-electron chi connectivity index (χ2n) is 5.26. The molecule has 0 bridgehead atoms. The lowest BCUT2D eigenvalue weighted by molar-refractivity contribution is -0.115. The summed E-state index contributed by atoms with van der Waals surface area (Å²) in [5.41, 5.74) is 2.07. The summed E-state index contributed by atoms with van der Waals surface area (Å²) in [5, 5.41) is 2.76. The van der Waals surface area contributed by atoms with E-state index in [0.717, 1.165) is 3.57 Å². The summed E-state index contributed by atoms with van der Waals surface area (Å²) in [7, 11) is 1.26. The molecule has 0 spiro atoms. The maximum atomic E-state index is 12.3. The molecule has 0 saturated heterocycles. The maximum absolute atomic E-state index is 12.3. The SMILES string of the molecule is COC(=O)c1c(CC(=O)Nc2ccc(I)cc2)[nH]c(C(C)=O)c1C. The van der Waals surface area contributed by atoms with Crippen LogP contribution in [0, 0.1) is 10.5 Å². The van der Waals surface area contributed by atoms with Crippen molar-refractivity contribution in [3.8, 4) is 0 Å². The van der Waals surface area contributed by atoms with Crippen molar-refractivity contribution < 1.29 is 19.1 Å². The van der Waals surface area contributed by atoms with Crippen molar-refractivity contribution >= 4 is 45.9 Å².